The summed E-state index contributed by atoms with van der Waals surface area (Å²) < 4.78 is 24.2. The molecule has 0 unspecified atom stereocenters. The van der Waals surface area contributed by atoms with Gasteiger partial charge < -0.3 is 5.43 Å². The van der Waals surface area contributed by atoms with E-state index in [9.17, 15) is 18.5 Å². The van der Waals surface area contributed by atoms with Gasteiger partial charge in [0.2, 0.25) is 0 Å². The van der Waals surface area contributed by atoms with E-state index in [0.29, 0.717) is 11.3 Å². The molecule has 0 atom stereocenters. The molecular formula is C14H15N3O4S. The summed E-state index contributed by atoms with van der Waals surface area (Å²) in [7, 11) is -3.71. The molecule has 0 aliphatic rings. The van der Waals surface area contributed by atoms with Gasteiger partial charge in [0, 0.05) is 11.6 Å². The number of aryl methyl sites for hydroxylation is 2. The van der Waals surface area contributed by atoms with Gasteiger partial charge in [-0.1, -0.05) is 17.7 Å². The van der Waals surface area contributed by atoms with Crippen molar-refractivity contribution in [3.05, 3.63) is 63.7 Å². The van der Waals surface area contributed by atoms with Crippen molar-refractivity contribution in [1.82, 2.24) is 4.83 Å². The summed E-state index contributed by atoms with van der Waals surface area (Å²) in [6.45, 7) is 3.44. The summed E-state index contributed by atoms with van der Waals surface area (Å²) in [5, 5.41) is 10.7. The molecule has 0 aliphatic carbocycles. The van der Waals surface area contributed by atoms with E-state index in [-0.39, 0.29) is 10.6 Å². The molecule has 0 radical (unpaired) electrons. The second-order valence-electron chi connectivity index (χ2n) is 4.80. The molecule has 0 bridgehead atoms. The highest BCUT2D eigenvalue weighted by atomic mass is 32.2. The van der Waals surface area contributed by atoms with Crippen LogP contribution in [0.3, 0.4) is 0 Å². The number of hydrazine groups is 1. The number of hydrogen-bond donors (Lipinski definition) is 2. The first-order valence-corrected chi connectivity index (χ1v) is 7.87. The van der Waals surface area contributed by atoms with Crippen LogP contribution in [0.4, 0.5) is 11.4 Å². The van der Waals surface area contributed by atoms with Crippen molar-refractivity contribution in [2.45, 2.75) is 18.7 Å². The summed E-state index contributed by atoms with van der Waals surface area (Å²) in [4.78, 5) is 12.6. The van der Waals surface area contributed by atoms with Crippen molar-refractivity contribution in [3.63, 3.8) is 0 Å². The van der Waals surface area contributed by atoms with Gasteiger partial charge in [-0.3, -0.25) is 10.1 Å². The van der Waals surface area contributed by atoms with Crippen LogP contribution in [0.2, 0.25) is 0 Å². The molecule has 7 nitrogen and oxygen atoms in total. The van der Waals surface area contributed by atoms with Crippen LogP contribution in [0.5, 0.6) is 0 Å². The average molecular weight is 321 g/mol. The molecule has 2 N–H and O–H groups in total. The van der Waals surface area contributed by atoms with E-state index in [4.69, 9.17) is 0 Å². The van der Waals surface area contributed by atoms with Crippen molar-refractivity contribution < 1.29 is 13.3 Å². The molecule has 2 aromatic rings. The number of hydrogen-bond acceptors (Lipinski definition) is 5. The van der Waals surface area contributed by atoms with Crippen LogP contribution < -0.4 is 10.3 Å². The Hall–Kier alpha value is -2.45. The average Bonchev–Trinajstić information content (AvgIpc) is 2.45. The van der Waals surface area contributed by atoms with Crippen LogP contribution in [0, 0.1) is 24.0 Å². The number of anilines is 1. The molecule has 22 heavy (non-hydrogen) atoms. The zero-order valence-electron chi connectivity index (χ0n) is 12.0. The predicted molar refractivity (Wildman–Crippen MR) is 83.0 cm³/mol. The van der Waals surface area contributed by atoms with E-state index in [0.717, 1.165) is 5.56 Å². The van der Waals surface area contributed by atoms with E-state index >= 15 is 0 Å². The minimum Gasteiger partial charge on any atom is -0.308 e. The van der Waals surface area contributed by atoms with E-state index < -0.39 is 14.9 Å². The highest BCUT2D eigenvalue weighted by Gasteiger charge is 2.14. The summed E-state index contributed by atoms with van der Waals surface area (Å²) in [6.07, 6.45) is 0. The van der Waals surface area contributed by atoms with Gasteiger partial charge in [0.1, 0.15) is 0 Å². The van der Waals surface area contributed by atoms with Gasteiger partial charge in [-0.25, -0.2) is 8.42 Å². The van der Waals surface area contributed by atoms with Crippen molar-refractivity contribution in [3.8, 4) is 0 Å². The predicted octanol–water partition coefficient (Wildman–Crippen LogP) is 2.52. The van der Waals surface area contributed by atoms with Crippen LogP contribution in [0.25, 0.3) is 0 Å². The molecule has 116 valence electrons. The van der Waals surface area contributed by atoms with Crippen molar-refractivity contribution >= 4 is 21.4 Å². The van der Waals surface area contributed by atoms with E-state index in [1.807, 2.05) is 6.92 Å². The lowest BCUT2D eigenvalue weighted by Crippen LogP contribution is -2.29. The Kier molecular flexibility index (Phi) is 4.43. The number of benzene rings is 2. The molecule has 8 heteroatoms. The first kappa shape index (κ1) is 15.9. The molecular weight excluding hydrogens is 306 g/mol. The number of nitrogens with one attached hydrogen (secondary N) is 2. The van der Waals surface area contributed by atoms with Gasteiger partial charge in [0.05, 0.1) is 15.5 Å². The standard InChI is InChI=1S/C14H15N3O4S/c1-10-3-6-13(7-4-10)22(20,21)16-15-12-5-8-14(17(18)19)11(2)9-12/h3-9,15-16H,1-2H3. The van der Waals surface area contributed by atoms with Crippen LogP contribution in [-0.2, 0) is 10.0 Å². The summed E-state index contributed by atoms with van der Waals surface area (Å²) in [5.74, 6) is 0. The number of nitrogens with zero attached hydrogens (tertiary/aromatic N) is 1. The third-order valence-corrected chi connectivity index (χ3v) is 4.32. The van der Waals surface area contributed by atoms with Gasteiger partial charge in [-0.15, -0.1) is 4.83 Å². The third kappa shape index (κ3) is 3.60. The Bertz CT molecular complexity index is 801. The Morgan fingerprint density at radius 3 is 2.23 bits per heavy atom. The normalized spacial score (nSPS) is 11.2. The van der Waals surface area contributed by atoms with Crippen LogP contribution in [0.1, 0.15) is 11.1 Å². The molecule has 0 saturated carbocycles. The fourth-order valence-electron chi connectivity index (χ4n) is 1.84. The Morgan fingerprint density at radius 1 is 1.05 bits per heavy atom. The minimum absolute atomic E-state index is 0.0214. The zero-order chi connectivity index (χ0) is 16.3. The highest BCUT2D eigenvalue weighted by Crippen LogP contribution is 2.21. The largest absolute Gasteiger partial charge is 0.308 e. The van der Waals surface area contributed by atoms with Crippen LogP contribution >= 0.6 is 0 Å². The Labute approximate surface area is 128 Å². The monoisotopic (exact) mass is 321 g/mol. The van der Waals surface area contributed by atoms with Crippen molar-refractivity contribution in [2.24, 2.45) is 0 Å². The van der Waals surface area contributed by atoms with Gasteiger partial charge in [0.25, 0.3) is 15.7 Å². The molecule has 2 aromatic carbocycles. The number of nitro groups is 1. The van der Waals surface area contributed by atoms with E-state index in [1.165, 1.54) is 30.3 Å². The van der Waals surface area contributed by atoms with Crippen molar-refractivity contribution in [2.75, 3.05) is 5.43 Å². The molecule has 0 heterocycles. The van der Waals surface area contributed by atoms with E-state index in [1.54, 1.807) is 19.1 Å². The first-order chi connectivity index (χ1) is 10.3. The number of rotatable bonds is 5. The lowest BCUT2D eigenvalue weighted by molar-refractivity contribution is -0.385. The maximum atomic E-state index is 12.1. The second kappa shape index (κ2) is 6.12. The molecule has 0 aliphatic heterocycles. The Morgan fingerprint density at radius 2 is 1.68 bits per heavy atom. The zero-order valence-corrected chi connectivity index (χ0v) is 12.8. The molecule has 0 spiro atoms. The van der Waals surface area contributed by atoms with Gasteiger partial charge in [-0.2, -0.15) is 0 Å². The summed E-state index contributed by atoms with van der Waals surface area (Å²) >= 11 is 0. The quantitative estimate of drug-likeness (QED) is 0.651. The fraction of sp³-hybridized carbons (Fsp3) is 0.143. The lowest BCUT2D eigenvalue weighted by Gasteiger charge is -2.10. The second-order valence-corrected chi connectivity index (χ2v) is 6.48. The maximum absolute atomic E-state index is 12.1. The van der Waals surface area contributed by atoms with Crippen molar-refractivity contribution in [1.29, 1.82) is 0 Å². The molecule has 0 amide bonds. The van der Waals surface area contributed by atoms with Gasteiger partial charge in [-0.05, 0) is 38.1 Å². The number of sulfonamides is 1. The molecule has 0 fully saturated rings. The molecule has 0 aromatic heterocycles. The molecule has 0 saturated heterocycles. The topological polar surface area (TPSA) is 101 Å². The van der Waals surface area contributed by atoms with Crippen LogP contribution in [0.15, 0.2) is 47.4 Å². The summed E-state index contributed by atoms with van der Waals surface area (Å²) in [6, 6.07) is 10.6. The van der Waals surface area contributed by atoms with Crippen LogP contribution in [-0.4, -0.2) is 13.3 Å². The third-order valence-electron chi connectivity index (χ3n) is 3.05. The SMILES string of the molecule is Cc1ccc(S(=O)(=O)NNc2ccc([N+](=O)[O-])c(C)c2)cc1. The Balaban J connectivity index is 2.14. The summed E-state index contributed by atoms with van der Waals surface area (Å²) in [5.41, 5.74) is 4.33. The number of nitro benzene ring substituents is 1. The smallest absolute Gasteiger partial charge is 0.272 e. The first-order valence-electron chi connectivity index (χ1n) is 6.39. The van der Waals surface area contributed by atoms with Gasteiger partial charge >= 0.3 is 0 Å². The highest BCUT2D eigenvalue weighted by molar-refractivity contribution is 7.89. The molecule has 2 rings (SSSR count). The lowest BCUT2D eigenvalue weighted by atomic mass is 10.2. The minimum atomic E-state index is -3.71. The van der Waals surface area contributed by atoms with Gasteiger partial charge in [0.15, 0.2) is 0 Å². The van der Waals surface area contributed by atoms with E-state index in [2.05, 4.69) is 10.3 Å². The maximum Gasteiger partial charge on any atom is 0.272 e. The fourth-order valence-corrected chi connectivity index (χ4v) is 2.70.